The van der Waals surface area contributed by atoms with Crippen LogP contribution in [0.3, 0.4) is 0 Å². The van der Waals surface area contributed by atoms with Crippen LogP contribution in [0.5, 0.6) is 0 Å². The van der Waals surface area contributed by atoms with Crippen LogP contribution in [0.4, 0.5) is 13.2 Å². The summed E-state index contributed by atoms with van der Waals surface area (Å²) in [5.74, 6) is -2.57. The lowest BCUT2D eigenvalue weighted by atomic mass is 10.0. The Morgan fingerprint density at radius 3 is 2.41 bits per heavy atom. The van der Waals surface area contributed by atoms with Gasteiger partial charge in [0.2, 0.25) is 0 Å². The lowest BCUT2D eigenvalue weighted by Gasteiger charge is -2.12. The van der Waals surface area contributed by atoms with E-state index >= 15 is 0 Å². The Balaban J connectivity index is 2.40. The molecular weight excluding hydrogens is 229 g/mol. The van der Waals surface area contributed by atoms with Gasteiger partial charge in [0.05, 0.1) is 11.7 Å². The highest BCUT2D eigenvalue weighted by Gasteiger charge is 2.16. The van der Waals surface area contributed by atoms with E-state index in [1.807, 2.05) is 0 Å². The van der Waals surface area contributed by atoms with E-state index in [0.717, 1.165) is 12.1 Å². The smallest absolute Gasteiger partial charge is 0.159 e. The van der Waals surface area contributed by atoms with E-state index in [0.29, 0.717) is 0 Å². The van der Waals surface area contributed by atoms with Crippen molar-refractivity contribution in [3.63, 3.8) is 0 Å². The van der Waals surface area contributed by atoms with Crippen LogP contribution in [0.15, 0.2) is 36.5 Å². The number of aromatic nitrogens is 1. The third-order valence-electron chi connectivity index (χ3n) is 2.38. The van der Waals surface area contributed by atoms with E-state index < -0.39 is 23.5 Å². The molecule has 0 spiro atoms. The quantitative estimate of drug-likeness (QED) is 0.873. The van der Waals surface area contributed by atoms with Gasteiger partial charge in [-0.1, -0.05) is 6.07 Å². The third kappa shape index (κ3) is 2.29. The maximum absolute atomic E-state index is 13.4. The Hall–Kier alpha value is -1.88. The molecule has 0 aliphatic rings. The van der Waals surface area contributed by atoms with Gasteiger partial charge in [-0.2, -0.15) is 0 Å². The number of rotatable bonds is 2. The number of halogens is 3. The summed E-state index contributed by atoms with van der Waals surface area (Å²) in [7, 11) is 0. The summed E-state index contributed by atoms with van der Waals surface area (Å²) in [5.41, 5.74) is 6.01. The fourth-order valence-electron chi connectivity index (χ4n) is 1.49. The maximum atomic E-state index is 13.4. The highest BCUT2D eigenvalue weighted by molar-refractivity contribution is 5.28. The van der Waals surface area contributed by atoms with E-state index in [9.17, 15) is 13.2 Å². The normalized spacial score (nSPS) is 12.5. The average molecular weight is 238 g/mol. The predicted molar refractivity (Wildman–Crippen MR) is 56.6 cm³/mol. The molecule has 1 heterocycles. The number of nitrogens with two attached hydrogens (primary N) is 1. The first kappa shape index (κ1) is 11.6. The molecule has 1 aromatic heterocycles. The molecule has 17 heavy (non-hydrogen) atoms. The highest BCUT2D eigenvalue weighted by atomic mass is 19.2. The minimum atomic E-state index is -1.02. The maximum Gasteiger partial charge on any atom is 0.159 e. The largest absolute Gasteiger partial charge is 0.319 e. The number of hydrogen-bond acceptors (Lipinski definition) is 2. The van der Waals surface area contributed by atoms with Crippen LogP contribution in [-0.4, -0.2) is 4.98 Å². The zero-order valence-electron chi connectivity index (χ0n) is 8.70. The molecule has 88 valence electrons. The van der Waals surface area contributed by atoms with Crippen LogP contribution in [0.2, 0.25) is 0 Å². The zero-order chi connectivity index (χ0) is 12.4. The van der Waals surface area contributed by atoms with Crippen molar-refractivity contribution in [2.75, 3.05) is 0 Å². The van der Waals surface area contributed by atoms with Crippen molar-refractivity contribution in [2.45, 2.75) is 6.04 Å². The summed E-state index contributed by atoms with van der Waals surface area (Å²) in [6.45, 7) is 0. The fourth-order valence-corrected chi connectivity index (χ4v) is 1.49. The van der Waals surface area contributed by atoms with Gasteiger partial charge >= 0.3 is 0 Å². The molecule has 0 saturated carbocycles. The lowest BCUT2D eigenvalue weighted by molar-refractivity contribution is 0.505. The minimum Gasteiger partial charge on any atom is -0.319 e. The van der Waals surface area contributed by atoms with Gasteiger partial charge in [0.15, 0.2) is 11.6 Å². The number of pyridine rings is 1. The fraction of sp³-hybridized carbons (Fsp3) is 0.0833. The Bertz CT molecular complexity index is 543. The van der Waals surface area contributed by atoms with Crippen molar-refractivity contribution < 1.29 is 13.2 Å². The molecule has 0 bridgehead atoms. The van der Waals surface area contributed by atoms with Gasteiger partial charge in [0, 0.05) is 6.20 Å². The zero-order valence-corrected chi connectivity index (χ0v) is 8.70. The molecule has 2 N–H and O–H groups in total. The van der Waals surface area contributed by atoms with Crippen LogP contribution in [-0.2, 0) is 0 Å². The van der Waals surface area contributed by atoms with E-state index in [4.69, 9.17) is 5.73 Å². The van der Waals surface area contributed by atoms with Crippen LogP contribution >= 0.6 is 0 Å². The van der Waals surface area contributed by atoms with Crippen molar-refractivity contribution in [2.24, 2.45) is 5.73 Å². The van der Waals surface area contributed by atoms with Gasteiger partial charge in [-0.3, -0.25) is 4.98 Å². The van der Waals surface area contributed by atoms with Crippen molar-refractivity contribution >= 4 is 0 Å². The van der Waals surface area contributed by atoms with Crippen LogP contribution in [0.25, 0.3) is 0 Å². The van der Waals surface area contributed by atoms with Crippen molar-refractivity contribution in [3.05, 3.63) is 65.2 Å². The van der Waals surface area contributed by atoms with E-state index in [2.05, 4.69) is 4.98 Å². The molecule has 1 atom stereocenters. The summed E-state index contributed by atoms with van der Waals surface area (Å²) in [6.07, 6.45) is 1.39. The summed E-state index contributed by atoms with van der Waals surface area (Å²) in [4.78, 5) is 3.79. The molecule has 5 heteroatoms. The first-order chi connectivity index (χ1) is 8.09. The molecule has 0 amide bonds. The summed E-state index contributed by atoms with van der Waals surface area (Å²) < 4.78 is 39.1. The molecule has 2 nitrogen and oxygen atoms in total. The number of hydrogen-bond donors (Lipinski definition) is 1. The molecule has 0 aliphatic carbocycles. The number of benzene rings is 1. The SMILES string of the molecule is NC(c1ccc(F)c(F)c1)c1ncccc1F. The molecule has 0 radical (unpaired) electrons. The first-order valence-corrected chi connectivity index (χ1v) is 4.90. The molecule has 0 aliphatic heterocycles. The van der Waals surface area contributed by atoms with E-state index in [-0.39, 0.29) is 11.3 Å². The number of nitrogens with zero attached hydrogens (tertiary/aromatic N) is 1. The van der Waals surface area contributed by atoms with Crippen molar-refractivity contribution in [1.29, 1.82) is 0 Å². The summed E-state index contributed by atoms with van der Waals surface area (Å²) in [6, 6.07) is 4.90. The molecule has 0 fully saturated rings. The van der Waals surface area contributed by atoms with Gasteiger partial charge in [-0.15, -0.1) is 0 Å². The molecule has 2 rings (SSSR count). The lowest BCUT2D eigenvalue weighted by Crippen LogP contribution is -2.15. The molecule has 1 aromatic carbocycles. The Kier molecular flexibility index (Phi) is 3.10. The molecule has 0 saturated heterocycles. The highest BCUT2D eigenvalue weighted by Crippen LogP contribution is 2.21. The van der Waals surface area contributed by atoms with Gasteiger partial charge in [-0.05, 0) is 29.8 Å². The predicted octanol–water partition coefficient (Wildman–Crippen LogP) is 2.55. The van der Waals surface area contributed by atoms with Gasteiger partial charge in [0.25, 0.3) is 0 Å². The second-order valence-corrected chi connectivity index (χ2v) is 3.52. The van der Waals surface area contributed by atoms with Crippen molar-refractivity contribution in [3.8, 4) is 0 Å². The second kappa shape index (κ2) is 4.55. The van der Waals surface area contributed by atoms with E-state index in [1.54, 1.807) is 0 Å². The average Bonchev–Trinajstić information content (AvgIpc) is 2.32. The monoisotopic (exact) mass is 238 g/mol. The van der Waals surface area contributed by atoms with Gasteiger partial charge < -0.3 is 5.73 Å². The Labute approximate surface area is 95.9 Å². The van der Waals surface area contributed by atoms with Crippen LogP contribution < -0.4 is 5.73 Å². The third-order valence-corrected chi connectivity index (χ3v) is 2.38. The Morgan fingerprint density at radius 1 is 1.00 bits per heavy atom. The standard InChI is InChI=1S/C12H9F3N2/c13-8-4-3-7(6-10(8)15)11(16)12-9(14)2-1-5-17-12/h1-6,11H,16H2. The Morgan fingerprint density at radius 2 is 1.76 bits per heavy atom. The molecular formula is C12H9F3N2. The topological polar surface area (TPSA) is 38.9 Å². The van der Waals surface area contributed by atoms with E-state index in [1.165, 1.54) is 24.4 Å². The molecule has 1 unspecified atom stereocenters. The first-order valence-electron chi connectivity index (χ1n) is 4.90. The molecule has 2 aromatic rings. The summed E-state index contributed by atoms with van der Waals surface area (Å²) >= 11 is 0. The van der Waals surface area contributed by atoms with Gasteiger partial charge in [0.1, 0.15) is 5.82 Å². The second-order valence-electron chi connectivity index (χ2n) is 3.52. The van der Waals surface area contributed by atoms with Crippen LogP contribution in [0, 0.1) is 17.5 Å². The minimum absolute atomic E-state index is 0.00138. The van der Waals surface area contributed by atoms with Crippen LogP contribution in [0.1, 0.15) is 17.3 Å². The summed E-state index contributed by atoms with van der Waals surface area (Å²) in [5, 5.41) is 0. The van der Waals surface area contributed by atoms with Gasteiger partial charge in [-0.25, -0.2) is 13.2 Å². The van der Waals surface area contributed by atoms with Crippen molar-refractivity contribution in [1.82, 2.24) is 4.98 Å².